The van der Waals surface area contributed by atoms with Crippen molar-refractivity contribution < 1.29 is 0 Å². The third kappa shape index (κ3) is 3.73. The highest BCUT2D eigenvalue weighted by molar-refractivity contribution is 5.31. The molecule has 0 fully saturated rings. The smallest absolute Gasteiger partial charge is 0.0473 e. The van der Waals surface area contributed by atoms with Crippen LogP contribution in [0.1, 0.15) is 48.6 Å². The summed E-state index contributed by atoms with van der Waals surface area (Å²) in [6, 6.07) is 9.32. The van der Waals surface area contributed by atoms with E-state index in [9.17, 15) is 0 Å². The van der Waals surface area contributed by atoms with Crippen LogP contribution < -0.4 is 5.32 Å². The molecule has 0 aliphatic carbocycles. The zero-order valence-corrected chi connectivity index (χ0v) is 13.1. The summed E-state index contributed by atoms with van der Waals surface area (Å²) < 4.78 is 2.28. The Balaban J connectivity index is 2.07. The number of hydrogen-bond acceptors (Lipinski definition) is 1. The van der Waals surface area contributed by atoms with Crippen molar-refractivity contribution >= 4 is 0 Å². The average Bonchev–Trinajstić information content (AvgIpc) is 2.89. The minimum absolute atomic E-state index is 0.426. The van der Waals surface area contributed by atoms with Crippen molar-refractivity contribution in [1.82, 2.24) is 9.88 Å². The van der Waals surface area contributed by atoms with E-state index in [1.807, 2.05) is 0 Å². The van der Waals surface area contributed by atoms with Gasteiger partial charge in [-0.2, -0.15) is 0 Å². The summed E-state index contributed by atoms with van der Waals surface area (Å²) in [7, 11) is 0. The molecule has 20 heavy (non-hydrogen) atoms. The molecule has 0 spiro atoms. The van der Waals surface area contributed by atoms with Gasteiger partial charge in [-0.05, 0) is 56.5 Å². The van der Waals surface area contributed by atoms with E-state index in [0.29, 0.717) is 6.04 Å². The van der Waals surface area contributed by atoms with Crippen molar-refractivity contribution in [1.29, 1.82) is 0 Å². The van der Waals surface area contributed by atoms with Crippen molar-refractivity contribution in [3.05, 3.63) is 58.9 Å². The topological polar surface area (TPSA) is 17.0 Å². The molecule has 1 N–H and O–H groups in total. The molecule has 108 valence electrons. The van der Waals surface area contributed by atoms with Crippen molar-refractivity contribution in [3.8, 4) is 0 Å². The predicted molar refractivity (Wildman–Crippen MR) is 86.2 cm³/mol. The number of benzene rings is 1. The van der Waals surface area contributed by atoms with Crippen molar-refractivity contribution in [2.75, 3.05) is 6.54 Å². The van der Waals surface area contributed by atoms with Gasteiger partial charge in [0.15, 0.2) is 0 Å². The number of aromatic nitrogens is 1. The second kappa shape index (κ2) is 6.76. The molecule has 0 amide bonds. The largest absolute Gasteiger partial charge is 0.350 e. The number of rotatable bonds is 6. The Morgan fingerprint density at radius 2 is 2.00 bits per heavy atom. The zero-order chi connectivity index (χ0) is 14.5. The lowest BCUT2D eigenvalue weighted by Gasteiger charge is -2.11. The van der Waals surface area contributed by atoms with Gasteiger partial charge in [-0.15, -0.1) is 0 Å². The molecule has 0 saturated heterocycles. The standard InChI is InChI=1S/C18H26N2/c1-5-9-19-16(4)17-8-10-20(12-17)13-18-11-14(2)6-7-15(18)3/h6-8,10-12,16,19H,5,9,13H2,1-4H3. The van der Waals surface area contributed by atoms with Gasteiger partial charge in [-0.25, -0.2) is 0 Å². The molecule has 2 aromatic rings. The number of nitrogens with zero attached hydrogens (tertiary/aromatic N) is 1. The van der Waals surface area contributed by atoms with E-state index in [2.05, 4.69) is 74.2 Å². The van der Waals surface area contributed by atoms with Crippen LogP contribution in [0.2, 0.25) is 0 Å². The van der Waals surface area contributed by atoms with E-state index in [-0.39, 0.29) is 0 Å². The van der Waals surface area contributed by atoms with Crippen LogP contribution in [0.15, 0.2) is 36.7 Å². The lowest BCUT2D eigenvalue weighted by molar-refractivity contribution is 0.569. The van der Waals surface area contributed by atoms with Crippen LogP contribution in [0, 0.1) is 13.8 Å². The van der Waals surface area contributed by atoms with Gasteiger partial charge in [0.25, 0.3) is 0 Å². The van der Waals surface area contributed by atoms with Gasteiger partial charge >= 0.3 is 0 Å². The van der Waals surface area contributed by atoms with Gasteiger partial charge in [0.1, 0.15) is 0 Å². The Morgan fingerprint density at radius 1 is 1.20 bits per heavy atom. The zero-order valence-electron chi connectivity index (χ0n) is 13.1. The van der Waals surface area contributed by atoms with E-state index < -0.39 is 0 Å². The third-order valence-electron chi connectivity index (χ3n) is 3.83. The normalized spacial score (nSPS) is 12.6. The van der Waals surface area contributed by atoms with Crippen LogP contribution in [0.4, 0.5) is 0 Å². The summed E-state index contributed by atoms with van der Waals surface area (Å²) in [5, 5.41) is 3.53. The highest BCUT2D eigenvalue weighted by Crippen LogP contribution is 2.16. The lowest BCUT2D eigenvalue weighted by atomic mass is 10.1. The summed E-state index contributed by atoms with van der Waals surface area (Å²) in [6.45, 7) is 10.8. The Hall–Kier alpha value is -1.54. The minimum Gasteiger partial charge on any atom is -0.350 e. The number of aryl methyl sites for hydroxylation is 2. The SMILES string of the molecule is CCCNC(C)c1ccn(Cc2cc(C)ccc2C)c1. The summed E-state index contributed by atoms with van der Waals surface area (Å²) >= 11 is 0. The fourth-order valence-corrected chi connectivity index (χ4v) is 2.46. The second-order valence-electron chi connectivity index (χ2n) is 5.72. The molecular formula is C18H26N2. The predicted octanol–water partition coefficient (Wildman–Crippen LogP) is 4.21. The molecule has 2 nitrogen and oxygen atoms in total. The molecule has 1 heterocycles. The second-order valence-corrected chi connectivity index (χ2v) is 5.72. The lowest BCUT2D eigenvalue weighted by Crippen LogP contribution is -2.18. The summed E-state index contributed by atoms with van der Waals surface area (Å²) in [4.78, 5) is 0. The van der Waals surface area contributed by atoms with E-state index >= 15 is 0 Å². The highest BCUT2D eigenvalue weighted by atomic mass is 15.0. The van der Waals surface area contributed by atoms with Crippen molar-refractivity contribution in [2.45, 2.75) is 46.7 Å². The Morgan fingerprint density at radius 3 is 2.75 bits per heavy atom. The summed E-state index contributed by atoms with van der Waals surface area (Å²) in [5.74, 6) is 0. The molecule has 0 saturated carbocycles. The van der Waals surface area contributed by atoms with E-state index in [0.717, 1.165) is 13.1 Å². The first-order valence-corrected chi connectivity index (χ1v) is 7.55. The molecule has 2 rings (SSSR count). The Kier molecular flexibility index (Phi) is 5.02. The molecule has 1 unspecified atom stereocenters. The Bertz CT molecular complexity index is 554. The Labute approximate surface area is 122 Å². The van der Waals surface area contributed by atoms with Gasteiger partial charge in [0.05, 0.1) is 0 Å². The first-order chi connectivity index (χ1) is 9.60. The molecule has 0 aliphatic heterocycles. The summed E-state index contributed by atoms with van der Waals surface area (Å²) in [6.07, 6.45) is 5.61. The molecule has 0 aliphatic rings. The number of hydrogen-bond donors (Lipinski definition) is 1. The molecular weight excluding hydrogens is 244 g/mol. The highest BCUT2D eigenvalue weighted by Gasteiger charge is 2.07. The van der Waals surface area contributed by atoms with Crippen molar-refractivity contribution in [2.24, 2.45) is 0 Å². The van der Waals surface area contributed by atoms with Crippen LogP contribution >= 0.6 is 0 Å². The van der Waals surface area contributed by atoms with Crippen LogP contribution in [0.5, 0.6) is 0 Å². The number of nitrogens with one attached hydrogen (secondary N) is 1. The van der Waals surface area contributed by atoms with Crippen LogP contribution in [0.3, 0.4) is 0 Å². The molecule has 1 aromatic carbocycles. The van der Waals surface area contributed by atoms with Gasteiger partial charge in [0.2, 0.25) is 0 Å². The monoisotopic (exact) mass is 270 g/mol. The van der Waals surface area contributed by atoms with Gasteiger partial charge in [0, 0.05) is 25.0 Å². The molecule has 0 radical (unpaired) electrons. The summed E-state index contributed by atoms with van der Waals surface area (Å²) in [5.41, 5.74) is 5.46. The van der Waals surface area contributed by atoms with E-state index in [1.54, 1.807) is 0 Å². The molecule has 1 aromatic heterocycles. The average molecular weight is 270 g/mol. The first kappa shape index (κ1) is 14.9. The third-order valence-corrected chi connectivity index (χ3v) is 3.83. The van der Waals surface area contributed by atoms with Crippen LogP contribution in [-0.4, -0.2) is 11.1 Å². The quantitative estimate of drug-likeness (QED) is 0.832. The minimum atomic E-state index is 0.426. The fraction of sp³-hybridized carbons (Fsp3) is 0.444. The molecule has 0 bridgehead atoms. The fourth-order valence-electron chi connectivity index (χ4n) is 2.46. The first-order valence-electron chi connectivity index (χ1n) is 7.55. The van der Waals surface area contributed by atoms with Gasteiger partial charge in [-0.3, -0.25) is 0 Å². The maximum atomic E-state index is 3.53. The molecule has 1 atom stereocenters. The van der Waals surface area contributed by atoms with Crippen LogP contribution in [-0.2, 0) is 6.54 Å². The molecule has 2 heteroatoms. The van der Waals surface area contributed by atoms with E-state index in [4.69, 9.17) is 0 Å². The van der Waals surface area contributed by atoms with Gasteiger partial charge < -0.3 is 9.88 Å². The van der Waals surface area contributed by atoms with E-state index in [1.165, 1.54) is 28.7 Å². The van der Waals surface area contributed by atoms with Gasteiger partial charge in [-0.1, -0.05) is 30.7 Å². The van der Waals surface area contributed by atoms with Crippen LogP contribution in [0.25, 0.3) is 0 Å². The maximum Gasteiger partial charge on any atom is 0.0473 e. The van der Waals surface area contributed by atoms with Crippen molar-refractivity contribution in [3.63, 3.8) is 0 Å². The maximum absolute atomic E-state index is 3.53.